The number of hydrogen-bond acceptors (Lipinski definition) is 6. The number of para-hydroxylation sites is 1. The van der Waals surface area contributed by atoms with Crippen molar-refractivity contribution in [2.75, 3.05) is 48.7 Å². The van der Waals surface area contributed by atoms with E-state index < -0.39 is 21.5 Å². The van der Waals surface area contributed by atoms with E-state index in [4.69, 9.17) is 0 Å². The number of sulfone groups is 1. The SMILES string of the molecule is O=C1CS(=O)(=O)c2ccc(C(=O)CCCN3CCN(c4ccccc4)CC3)cc2N1. The van der Waals surface area contributed by atoms with E-state index in [-0.39, 0.29) is 16.4 Å². The van der Waals surface area contributed by atoms with E-state index >= 15 is 0 Å². The van der Waals surface area contributed by atoms with E-state index in [1.54, 1.807) is 0 Å². The number of rotatable bonds is 6. The Bertz CT molecular complexity index is 1050. The number of anilines is 2. The number of ketones is 1. The second-order valence-corrected chi connectivity index (χ2v) is 9.67. The molecule has 1 saturated heterocycles. The number of piperazine rings is 1. The fraction of sp³-hybridized carbons (Fsp3) is 0.364. The van der Waals surface area contributed by atoms with Crippen LogP contribution in [0.25, 0.3) is 0 Å². The summed E-state index contributed by atoms with van der Waals surface area (Å²) >= 11 is 0. The quantitative estimate of drug-likeness (QED) is 0.712. The van der Waals surface area contributed by atoms with Crippen molar-refractivity contribution in [1.82, 2.24) is 4.90 Å². The van der Waals surface area contributed by atoms with Gasteiger partial charge in [0, 0.05) is 43.9 Å². The zero-order chi connectivity index (χ0) is 21.1. The molecular weight excluding hydrogens is 402 g/mol. The highest BCUT2D eigenvalue weighted by Gasteiger charge is 2.29. The average Bonchev–Trinajstić information content (AvgIpc) is 2.73. The summed E-state index contributed by atoms with van der Waals surface area (Å²) < 4.78 is 24.1. The highest BCUT2D eigenvalue weighted by molar-refractivity contribution is 7.92. The smallest absolute Gasteiger partial charge is 0.239 e. The first-order chi connectivity index (χ1) is 14.4. The molecule has 0 unspecified atom stereocenters. The fourth-order valence-electron chi connectivity index (χ4n) is 3.98. The first kappa shape index (κ1) is 20.6. The maximum Gasteiger partial charge on any atom is 0.239 e. The zero-order valence-corrected chi connectivity index (χ0v) is 17.5. The molecule has 1 amide bonds. The van der Waals surface area contributed by atoms with Crippen LogP contribution < -0.4 is 10.2 Å². The molecule has 0 spiro atoms. The van der Waals surface area contributed by atoms with Gasteiger partial charge in [-0.1, -0.05) is 18.2 Å². The Morgan fingerprint density at radius 1 is 1.00 bits per heavy atom. The minimum Gasteiger partial charge on any atom is -0.369 e. The molecule has 4 rings (SSSR count). The van der Waals surface area contributed by atoms with Crippen LogP contribution in [0.3, 0.4) is 0 Å². The minimum atomic E-state index is -3.62. The van der Waals surface area contributed by atoms with Crippen molar-refractivity contribution < 1.29 is 18.0 Å². The molecule has 7 nitrogen and oxygen atoms in total. The first-order valence-corrected chi connectivity index (χ1v) is 11.8. The van der Waals surface area contributed by atoms with Gasteiger partial charge in [0.2, 0.25) is 5.91 Å². The van der Waals surface area contributed by atoms with Crippen LogP contribution in [-0.2, 0) is 14.6 Å². The van der Waals surface area contributed by atoms with Gasteiger partial charge in [-0.2, -0.15) is 0 Å². The van der Waals surface area contributed by atoms with Crippen molar-refractivity contribution in [2.45, 2.75) is 17.7 Å². The summed E-state index contributed by atoms with van der Waals surface area (Å²) in [7, 11) is -3.62. The molecule has 1 fully saturated rings. The van der Waals surface area contributed by atoms with Crippen molar-refractivity contribution in [1.29, 1.82) is 0 Å². The summed E-state index contributed by atoms with van der Waals surface area (Å²) in [6, 6.07) is 14.8. The molecule has 8 heteroatoms. The van der Waals surface area contributed by atoms with Gasteiger partial charge in [0.25, 0.3) is 0 Å². The predicted octanol–water partition coefficient (Wildman–Crippen LogP) is 2.20. The Hall–Kier alpha value is -2.71. The number of amides is 1. The van der Waals surface area contributed by atoms with Crippen molar-refractivity contribution in [2.24, 2.45) is 0 Å². The monoisotopic (exact) mass is 427 g/mol. The number of carbonyl (C=O) groups excluding carboxylic acids is 2. The molecule has 0 aliphatic carbocycles. The lowest BCUT2D eigenvalue weighted by molar-refractivity contribution is -0.114. The van der Waals surface area contributed by atoms with Crippen LogP contribution in [0.1, 0.15) is 23.2 Å². The maximum absolute atomic E-state index is 12.6. The van der Waals surface area contributed by atoms with Crippen LogP contribution in [0.5, 0.6) is 0 Å². The van der Waals surface area contributed by atoms with Crippen LogP contribution in [-0.4, -0.2) is 63.5 Å². The lowest BCUT2D eigenvalue weighted by Crippen LogP contribution is -2.46. The third kappa shape index (κ3) is 4.55. The zero-order valence-electron chi connectivity index (χ0n) is 16.7. The molecule has 2 aliphatic rings. The molecular formula is C22H25N3O4S. The van der Waals surface area contributed by atoms with Gasteiger partial charge in [-0.3, -0.25) is 14.5 Å². The van der Waals surface area contributed by atoms with Crippen LogP contribution in [0.15, 0.2) is 53.4 Å². The summed E-state index contributed by atoms with van der Waals surface area (Å²) in [5.41, 5.74) is 1.88. The summed E-state index contributed by atoms with van der Waals surface area (Å²) in [5.74, 6) is -1.16. The molecule has 158 valence electrons. The minimum absolute atomic E-state index is 0.0436. The van der Waals surface area contributed by atoms with Gasteiger partial charge in [-0.15, -0.1) is 0 Å². The first-order valence-electron chi connectivity index (χ1n) is 10.1. The molecule has 2 heterocycles. The topological polar surface area (TPSA) is 86.8 Å². The van der Waals surface area contributed by atoms with Gasteiger partial charge in [-0.25, -0.2) is 8.42 Å². The van der Waals surface area contributed by atoms with Gasteiger partial charge in [0.05, 0.1) is 10.6 Å². The van der Waals surface area contributed by atoms with Crippen LogP contribution in [0, 0.1) is 0 Å². The van der Waals surface area contributed by atoms with Crippen molar-refractivity contribution in [3.05, 3.63) is 54.1 Å². The van der Waals surface area contributed by atoms with Crippen LogP contribution in [0.4, 0.5) is 11.4 Å². The third-order valence-corrected chi connectivity index (χ3v) is 7.27. The largest absolute Gasteiger partial charge is 0.369 e. The van der Waals surface area contributed by atoms with Crippen molar-refractivity contribution >= 4 is 32.9 Å². The molecule has 30 heavy (non-hydrogen) atoms. The third-order valence-electron chi connectivity index (χ3n) is 5.60. The summed E-state index contributed by atoms with van der Waals surface area (Å²) in [5, 5.41) is 2.55. The second-order valence-electron chi connectivity index (χ2n) is 7.71. The molecule has 2 aliphatic heterocycles. The van der Waals surface area contributed by atoms with Gasteiger partial charge in [0.15, 0.2) is 15.6 Å². The summed E-state index contributed by atoms with van der Waals surface area (Å²) in [4.78, 5) is 29.0. The molecule has 0 aromatic heterocycles. The number of carbonyl (C=O) groups is 2. The maximum atomic E-state index is 12.6. The summed E-state index contributed by atoms with van der Waals surface area (Å²) in [6.07, 6.45) is 1.13. The van der Waals surface area contributed by atoms with Gasteiger partial charge in [-0.05, 0) is 43.3 Å². The van der Waals surface area contributed by atoms with E-state index in [1.165, 1.54) is 23.9 Å². The molecule has 2 aromatic rings. The van der Waals surface area contributed by atoms with Crippen LogP contribution in [0.2, 0.25) is 0 Å². The summed E-state index contributed by atoms with van der Waals surface area (Å²) in [6.45, 7) is 4.72. The predicted molar refractivity (Wildman–Crippen MR) is 116 cm³/mol. The van der Waals surface area contributed by atoms with E-state index in [0.29, 0.717) is 12.0 Å². The highest BCUT2D eigenvalue weighted by atomic mass is 32.2. The van der Waals surface area contributed by atoms with E-state index in [0.717, 1.165) is 39.1 Å². The highest BCUT2D eigenvalue weighted by Crippen LogP contribution is 2.28. The lowest BCUT2D eigenvalue weighted by atomic mass is 10.1. The Balaban J connectivity index is 1.28. The number of Topliss-reactive ketones (excluding diaryl/α,β-unsaturated/α-hetero) is 1. The molecule has 0 radical (unpaired) electrons. The Morgan fingerprint density at radius 2 is 1.73 bits per heavy atom. The van der Waals surface area contributed by atoms with E-state index in [1.807, 2.05) is 6.07 Å². The Labute approximate surface area is 176 Å². The molecule has 2 aromatic carbocycles. The average molecular weight is 428 g/mol. The molecule has 1 N–H and O–H groups in total. The van der Waals surface area contributed by atoms with Crippen molar-refractivity contribution in [3.8, 4) is 0 Å². The molecule has 0 bridgehead atoms. The number of nitrogens with one attached hydrogen (secondary N) is 1. The normalized spacial score (nSPS) is 18.5. The van der Waals surface area contributed by atoms with E-state index in [2.05, 4.69) is 39.4 Å². The van der Waals surface area contributed by atoms with Crippen LogP contribution >= 0.6 is 0 Å². The lowest BCUT2D eigenvalue weighted by Gasteiger charge is -2.36. The number of hydrogen-bond donors (Lipinski definition) is 1. The number of fused-ring (bicyclic) bond motifs is 1. The Morgan fingerprint density at radius 3 is 2.47 bits per heavy atom. The number of benzene rings is 2. The fourth-order valence-corrected chi connectivity index (χ4v) is 5.28. The van der Waals surface area contributed by atoms with Gasteiger partial charge >= 0.3 is 0 Å². The molecule has 0 saturated carbocycles. The van der Waals surface area contributed by atoms with Gasteiger partial charge < -0.3 is 10.2 Å². The Kier molecular flexibility index (Phi) is 5.87. The second kappa shape index (κ2) is 8.57. The number of nitrogens with zero attached hydrogens (tertiary/aromatic N) is 2. The standard InChI is InChI=1S/C22H25N3O4S/c26-20(17-8-9-21-19(15-17)23-22(27)16-30(21,28)29)7-4-10-24-11-13-25(14-12-24)18-5-2-1-3-6-18/h1-3,5-6,8-9,15H,4,7,10-14,16H2,(H,23,27). The van der Waals surface area contributed by atoms with E-state index in [9.17, 15) is 18.0 Å². The van der Waals surface area contributed by atoms with Gasteiger partial charge in [0.1, 0.15) is 5.75 Å². The molecule has 0 atom stereocenters. The van der Waals surface area contributed by atoms with Crippen molar-refractivity contribution in [3.63, 3.8) is 0 Å².